The van der Waals surface area contributed by atoms with E-state index in [0.717, 1.165) is 36.8 Å². The molecule has 194 valence electrons. The van der Waals surface area contributed by atoms with Gasteiger partial charge < -0.3 is 10.2 Å². The second-order valence-electron chi connectivity index (χ2n) is 10.5. The molecule has 3 aliphatic rings. The van der Waals surface area contributed by atoms with Gasteiger partial charge in [0.2, 0.25) is 23.6 Å². The molecule has 0 bridgehead atoms. The van der Waals surface area contributed by atoms with Gasteiger partial charge in [0.25, 0.3) is 0 Å². The number of aryl methyl sites for hydroxylation is 1. The number of imide groups is 1. The summed E-state index contributed by atoms with van der Waals surface area (Å²) in [6.07, 6.45) is 11.0. The van der Waals surface area contributed by atoms with E-state index < -0.39 is 6.04 Å². The Bertz CT molecular complexity index is 970. The number of carbonyl (C=O) groups excluding carboxylic acids is 4. The molecule has 1 N–H and O–H groups in total. The van der Waals surface area contributed by atoms with Crippen molar-refractivity contribution in [2.45, 2.75) is 90.3 Å². The van der Waals surface area contributed by atoms with Gasteiger partial charge in [0.05, 0.1) is 11.8 Å². The summed E-state index contributed by atoms with van der Waals surface area (Å²) in [6, 6.07) is 7.52. The van der Waals surface area contributed by atoms with Gasteiger partial charge in [0, 0.05) is 25.6 Å². The van der Waals surface area contributed by atoms with E-state index in [2.05, 4.69) is 5.32 Å². The van der Waals surface area contributed by atoms with E-state index in [4.69, 9.17) is 0 Å². The molecular weight excluding hydrogens is 454 g/mol. The van der Waals surface area contributed by atoms with Gasteiger partial charge in [0.1, 0.15) is 6.04 Å². The number of hydrogen-bond acceptors (Lipinski definition) is 4. The van der Waals surface area contributed by atoms with Gasteiger partial charge >= 0.3 is 0 Å². The van der Waals surface area contributed by atoms with E-state index in [1.807, 2.05) is 50.3 Å². The number of allylic oxidation sites excluding steroid dienone is 2. The van der Waals surface area contributed by atoms with Crippen LogP contribution in [-0.4, -0.2) is 52.1 Å². The smallest absolute Gasteiger partial charge is 0.243 e. The van der Waals surface area contributed by atoms with Gasteiger partial charge in [-0.1, -0.05) is 68.2 Å². The quantitative estimate of drug-likeness (QED) is 0.418. The van der Waals surface area contributed by atoms with Gasteiger partial charge in [-0.25, -0.2) is 0 Å². The standard InChI is InChI=1S/C29H39N3O4/c1-3-25(27(34)30-22-9-5-4-6-10-22)32(19-21-15-13-20(2)14-16-21)26(33)17-18-31-28(35)23-11-7-8-12-24(23)29(31)36/h7-8,13-16,22-25H,3-6,9-12,17-19H2,1-2H3,(H,30,34)/t23-,24+,25?. The molecule has 7 heteroatoms. The van der Waals surface area contributed by atoms with Crippen LogP contribution in [0.1, 0.15) is 75.8 Å². The fraction of sp³-hybridized carbons (Fsp3) is 0.586. The second-order valence-corrected chi connectivity index (χ2v) is 10.5. The van der Waals surface area contributed by atoms with Crippen molar-refractivity contribution in [3.63, 3.8) is 0 Å². The molecule has 1 heterocycles. The summed E-state index contributed by atoms with van der Waals surface area (Å²) >= 11 is 0. The Morgan fingerprint density at radius 1 is 1.00 bits per heavy atom. The summed E-state index contributed by atoms with van der Waals surface area (Å²) in [6.45, 7) is 4.31. The van der Waals surface area contributed by atoms with Gasteiger partial charge in [-0.2, -0.15) is 0 Å². The molecule has 0 aromatic heterocycles. The lowest BCUT2D eigenvalue weighted by atomic mass is 9.85. The van der Waals surface area contributed by atoms with E-state index in [0.29, 0.717) is 25.8 Å². The fourth-order valence-corrected chi connectivity index (χ4v) is 5.79. The fourth-order valence-electron chi connectivity index (χ4n) is 5.79. The Labute approximate surface area is 214 Å². The van der Waals surface area contributed by atoms with E-state index in [1.54, 1.807) is 4.90 Å². The van der Waals surface area contributed by atoms with Crippen LogP contribution in [0.4, 0.5) is 0 Å². The van der Waals surface area contributed by atoms with E-state index in [1.165, 1.54) is 11.3 Å². The Morgan fingerprint density at radius 2 is 1.61 bits per heavy atom. The Morgan fingerprint density at radius 3 is 2.19 bits per heavy atom. The highest BCUT2D eigenvalue weighted by atomic mass is 16.2. The maximum Gasteiger partial charge on any atom is 0.243 e. The first-order chi connectivity index (χ1) is 17.4. The Kier molecular flexibility index (Phi) is 8.60. The van der Waals surface area contributed by atoms with Crippen LogP contribution in [-0.2, 0) is 25.7 Å². The molecule has 36 heavy (non-hydrogen) atoms. The maximum atomic E-state index is 13.6. The first-order valence-corrected chi connectivity index (χ1v) is 13.5. The SMILES string of the molecule is CCC(C(=O)NC1CCCCC1)N(Cc1ccc(C)cc1)C(=O)CCN1C(=O)[C@H]2CC=CC[C@H]2C1=O. The zero-order valence-electron chi connectivity index (χ0n) is 21.6. The van der Waals surface area contributed by atoms with Crippen LogP contribution in [0.15, 0.2) is 36.4 Å². The van der Waals surface area contributed by atoms with Gasteiger partial charge in [-0.3, -0.25) is 24.1 Å². The second kappa shape index (κ2) is 11.8. The van der Waals surface area contributed by atoms with Crippen LogP contribution in [0, 0.1) is 18.8 Å². The van der Waals surface area contributed by atoms with Crippen molar-refractivity contribution >= 4 is 23.6 Å². The van der Waals surface area contributed by atoms with E-state index in [9.17, 15) is 19.2 Å². The van der Waals surface area contributed by atoms with Crippen molar-refractivity contribution in [3.05, 3.63) is 47.5 Å². The summed E-state index contributed by atoms with van der Waals surface area (Å²) in [5.74, 6) is -1.27. The van der Waals surface area contributed by atoms with Gasteiger partial charge in [-0.05, 0) is 44.6 Å². The molecule has 1 aromatic carbocycles. The molecule has 1 unspecified atom stereocenters. The van der Waals surface area contributed by atoms with Gasteiger partial charge in [-0.15, -0.1) is 0 Å². The monoisotopic (exact) mass is 493 g/mol. The van der Waals surface area contributed by atoms with Crippen molar-refractivity contribution in [1.29, 1.82) is 0 Å². The summed E-state index contributed by atoms with van der Waals surface area (Å²) in [5.41, 5.74) is 2.07. The van der Waals surface area contributed by atoms with Crippen molar-refractivity contribution in [2.75, 3.05) is 6.54 Å². The van der Waals surface area contributed by atoms with Crippen LogP contribution in [0.5, 0.6) is 0 Å². The van der Waals surface area contributed by atoms with Crippen molar-refractivity contribution in [3.8, 4) is 0 Å². The third-order valence-electron chi connectivity index (χ3n) is 7.96. The van der Waals surface area contributed by atoms with Crippen molar-refractivity contribution < 1.29 is 19.2 Å². The highest BCUT2D eigenvalue weighted by Gasteiger charge is 2.47. The number of nitrogens with zero attached hydrogens (tertiary/aromatic N) is 2. The average Bonchev–Trinajstić information content (AvgIpc) is 3.13. The summed E-state index contributed by atoms with van der Waals surface area (Å²) in [5, 5.41) is 3.19. The molecule has 2 fully saturated rings. The predicted octanol–water partition coefficient (Wildman–Crippen LogP) is 3.89. The van der Waals surface area contributed by atoms with Crippen LogP contribution in [0.25, 0.3) is 0 Å². The zero-order valence-corrected chi connectivity index (χ0v) is 21.6. The highest BCUT2D eigenvalue weighted by molar-refractivity contribution is 6.05. The lowest BCUT2D eigenvalue weighted by molar-refractivity contribution is -0.144. The molecule has 3 atom stereocenters. The normalized spacial score (nSPS) is 22.9. The average molecular weight is 494 g/mol. The van der Waals surface area contributed by atoms with Crippen LogP contribution in [0.3, 0.4) is 0 Å². The molecule has 2 aliphatic carbocycles. The highest BCUT2D eigenvalue weighted by Crippen LogP contribution is 2.35. The van der Waals surface area contributed by atoms with E-state index >= 15 is 0 Å². The Hall–Kier alpha value is -2.96. The number of hydrogen-bond donors (Lipinski definition) is 1. The molecule has 0 spiro atoms. The maximum absolute atomic E-state index is 13.6. The third-order valence-corrected chi connectivity index (χ3v) is 7.96. The molecule has 4 rings (SSSR count). The molecule has 7 nitrogen and oxygen atoms in total. The van der Waals surface area contributed by atoms with Crippen LogP contribution in [0.2, 0.25) is 0 Å². The minimum absolute atomic E-state index is 0.0173. The first kappa shape index (κ1) is 26.1. The number of benzene rings is 1. The molecule has 1 saturated heterocycles. The minimum Gasteiger partial charge on any atom is -0.352 e. The summed E-state index contributed by atoms with van der Waals surface area (Å²) in [4.78, 5) is 55.5. The van der Waals surface area contributed by atoms with Gasteiger partial charge in [0.15, 0.2) is 0 Å². The zero-order chi connectivity index (χ0) is 25.7. The largest absolute Gasteiger partial charge is 0.352 e. The number of carbonyl (C=O) groups is 4. The molecular formula is C29H39N3O4. The molecule has 0 radical (unpaired) electrons. The third kappa shape index (κ3) is 5.88. The number of amides is 4. The lowest BCUT2D eigenvalue weighted by Gasteiger charge is -2.33. The number of rotatable bonds is 9. The molecule has 1 saturated carbocycles. The molecule has 1 aliphatic heterocycles. The molecule has 4 amide bonds. The van der Waals surface area contributed by atoms with Crippen molar-refractivity contribution in [1.82, 2.24) is 15.1 Å². The topological polar surface area (TPSA) is 86.8 Å². The summed E-state index contributed by atoms with van der Waals surface area (Å²) in [7, 11) is 0. The molecule has 1 aromatic rings. The van der Waals surface area contributed by atoms with Crippen LogP contribution < -0.4 is 5.32 Å². The lowest BCUT2D eigenvalue weighted by Crippen LogP contribution is -2.52. The summed E-state index contributed by atoms with van der Waals surface area (Å²) < 4.78 is 0. The predicted molar refractivity (Wildman–Crippen MR) is 138 cm³/mol. The van der Waals surface area contributed by atoms with Crippen molar-refractivity contribution in [2.24, 2.45) is 11.8 Å². The Balaban J connectivity index is 1.47. The number of nitrogens with one attached hydrogen (secondary N) is 1. The van der Waals surface area contributed by atoms with Crippen LogP contribution >= 0.6 is 0 Å². The first-order valence-electron chi connectivity index (χ1n) is 13.5. The number of likely N-dealkylation sites (tertiary alicyclic amines) is 1. The minimum atomic E-state index is -0.600. The van der Waals surface area contributed by atoms with E-state index in [-0.39, 0.29) is 54.5 Å². The number of fused-ring (bicyclic) bond motifs is 1.